The molecule has 1 amide bonds. The number of carbonyl (C=O) groups excluding carboxylic acids is 1. The minimum Gasteiger partial charge on any atom is -0.366 e. The van der Waals surface area contributed by atoms with Crippen LogP contribution >= 0.6 is 0 Å². The quantitative estimate of drug-likeness (QED) is 0.629. The van der Waals surface area contributed by atoms with Gasteiger partial charge in [0.2, 0.25) is 5.91 Å². The lowest BCUT2D eigenvalue weighted by molar-refractivity contribution is -0.121. The second kappa shape index (κ2) is 8.33. The molecule has 1 saturated heterocycles. The van der Waals surface area contributed by atoms with E-state index in [9.17, 15) is 13.6 Å². The molecule has 1 aromatic rings. The number of hydrogen-bond donors (Lipinski definition) is 2. The van der Waals surface area contributed by atoms with Crippen molar-refractivity contribution in [3.05, 3.63) is 29.8 Å². The molecular formula is C18H27F2N5O. The van der Waals surface area contributed by atoms with Gasteiger partial charge in [-0.1, -0.05) is 0 Å². The first-order valence-electron chi connectivity index (χ1n) is 8.66. The Bertz CT molecular complexity index is 664. The maximum atomic E-state index is 13.9. The van der Waals surface area contributed by atoms with Gasteiger partial charge in [0.1, 0.15) is 11.6 Å². The van der Waals surface area contributed by atoms with Gasteiger partial charge in [-0.25, -0.2) is 8.78 Å². The maximum absolute atomic E-state index is 13.9. The molecule has 2 N–H and O–H groups in total. The summed E-state index contributed by atoms with van der Waals surface area (Å²) in [4.78, 5) is 20.0. The van der Waals surface area contributed by atoms with Gasteiger partial charge in [0.25, 0.3) is 0 Å². The van der Waals surface area contributed by atoms with E-state index in [0.29, 0.717) is 32.1 Å². The summed E-state index contributed by atoms with van der Waals surface area (Å²) < 4.78 is 27.3. The monoisotopic (exact) mass is 367 g/mol. The fraction of sp³-hybridized carbons (Fsp3) is 0.556. The van der Waals surface area contributed by atoms with Crippen LogP contribution in [0.15, 0.2) is 23.2 Å². The number of nitrogens with one attached hydrogen (secondary N) is 2. The van der Waals surface area contributed by atoms with E-state index in [4.69, 9.17) is 0 Å². The topological polar surface area (TPSA) is 60.0 Å². The van der Waals surface area contributed by atoms with Gasteiger partial charge < -0.3 is 20.4 Å². The summed E-state index contributed by atoms with van der Waals surface area (Å²) >= 11 is 0. The van der Waals surface area contributed by atoms with Crippen LogP contribution in [-0.2, 0) is 4.79 Å². The van der Waals surface area contributed by atoms with Crippen molar-refractivity contribution in [1.82, 2.24) is 15.5 Å². The lowest BCUT2D eigenvalue weighted by Gasteiger charge is -2.37. The average Bonchev–Trinajstić information content (AvgIpc) is 2.56. The number of rotatable bonds is 3. The third kappa shape index (κ3) is 5.57. The fourth-order valence-electron chi connectivity index (χ4n) is 2.84. The van der Waals surface area contributed by atoms with Crippen LogP contribution in [0, 0.1) is 11.6 Å². The maximum Gasteiger partial charge on any atom is 0.239 e. The average molecular weight is 367 g/mol. The first-order chi connectivity index (χ1) is 12.2. The van der Waals surface area contributed by atoms with Crippen molar-refractivity contribution in [2.75, 3.05) is 44.7 Å². The number of amides is 1. The van der Waals surface area contributed by atoms with E-state index in [1.165, 1.54) is 6.07 Å². The Morgan fingerprint density at radius 2 is 1.85 bits per heavy atom. The molecule has 0 atom stereocenters. The Kier molecular flexibility index (Phi) is 6.39. The predicted octanol–water partition coefficient (Wildman–Crippen LogP) is 1.58. The predicted molar refractivity (Wildman–Crippen MR) is 99.4 cm³/mol. The van der Waals surface area contributed by atoms with Gasteiger partial charge in [0, 0.05) is 44.8 Å². The summed E-state index contributed by atoms with van der Waals surface area (Å²) in [7, 11) is 1.66. The number of halogens is 2. The molecule has 0 radical (unpaired) electrons. The smallest absolute Gasteiger partial charge is 0.239 e. The van der Waals surface area contributed by atoms with Crippen molar-refractivity contribution < 1.29 is 13.6 Å². The molecule has 0 aliphatic carbocycles. The Hall–Kier alpha value is -2.38. The number of hydrogen-bond acceptors (Lipinski definition) is 3. The molecule has 144 valence electrons. The van der Waals surface area contributed by atoms with Crippen LogP contribution in [0.4, 0.5) is 14.5 Å². The Balaban J connectivity index is 1.89. The molecule has 1 aliphatic rings. The van der Waals surface area contributed by atoms with E-state index < -0.39 is 11.6 Å². The number of piperazine rings is 1. The highest BCUT2D eigenvalue weighted by Gasteiger charge is 2.22. The van der Waals surface area contributed by atoms with Crippen LogP contribution in [0.3, 0.4) is 0 Å². The van der Waals surface area contributed by atoms with E-state index in [2.05, 4.69) is 15.6 Å². The highest BCUT2D eigenvalue weighted by atomic mass is 19.1. The summed E-state index contributed by atoms with van der Waals surface area (Å²) in [6, 6.07) is 3.48. The molecule has 1 fully saturated rings. The van der Waals surface area contributed by atoms with Gasteiger partial charge >= 0.3 is 0 Å². The number of nitrogens with zero attached hydrogens (tertiary/aromatic N) is 3. The fourth-order valence-corrected chi connectivity index (χ4v) is 2.84. The highest BCUT2D eigenvalue weighted by molar-refractivity contribution is 5.86. The molecule has 1 aliphatic heterocycles. The van der Waals surface area contributed by atoms with E-state index in [1.54, 1.807) is 7.05 Å². The van der Waals surface area contributed by atoms with Crippen LogP contribution < -0.4 is 15.5 Å². The highest BCUT2D eigenvalue weighted by Crippen LogP contribution is 2.21. The molecule has 1 aromatic carbocycles. The Labute approximate surface area is 153 Å². The Morgan fingerprint density at radius 3 is 2.42 bits per heavy atom. The Morgan fingerprint density at radius 1 is 1.19 bits per heavy atom. The molecule has 26 heavy (non-hydrogen) atoms. The third-order valence-corrected chi connectivity index (χ3v) is 3.96. The number of aliphatic imine (C=N–C) groups is 1. The van der Waals surface area contributed by atoms with Gasteiger partial charge in [-0.2, -0.15) is 0 Å². The molecule has 2 rings (SSSR count). The van der Waals surface area contributed by atoms with Gasteiger partial charge in [0.15, 0.2) is 5.96 Å². The van der Waals surface area contributed by atoms with E-state index >= 15 is 0 Å². The zero-order valence-electron chi connectivity index (χ0n) is 15.8. The minimum atomic E-state index is -0.453. The van der Waals surface area contributed by atoms with Crippen molar-refractivity contribution in [2.45, 2.75) is 26.3 Å². The molecule has 0 aromatic heterocycles. The number of anilines is 1. The summed E-state index contributed by atoms with van der Waals surface area (Å²) in [6.07, 6.45) is 0. The third-order valence-electron chi connectivity index (χ3n) is 3.96. The lowest BCUT2D eigenvalue weighted by Crippen LogP contribution is -2.54. The normalized spacial score (nSPS) is 15.8. The second-order valence-corrected chi connectivity index (χ2v) is 7.27. The van der Waals surface area contributed by atoms with Crippen LogP contribution in [-0.4, -0.2) is 62.1 Å². The number of benzene rings is 1. The van der Waals surface area contributed by atoms with E-state index in [0.717, 1.165) is 12.1 Å². The first-order valence-corrected chi connectivity index (χ1v) is 8.66. The van der Waals surface area contributed by atoms with Gasteiger partial charge in [-0.05, 0) is 32.9 Å². The minimum absolute atomic E-state index is 0.112. The zero-order valence-corrected chi connectivity index (χ0v) is 15.8. The SMILES string of the molecule is CN=C(NCC(=O)NC(C)(C)C)N1CCN(c2cc(F)ccc2F)CC1. The second-order valence-electron chi connectivity index (χ2n) is 7.27. The molecule has 1 heterocycles. The van der Waals surface area contributed by atoms with Crippen molar-refractivity contribution in [2.24, 2.45) is 4.99 Å². The lowest BCUT2D eigenvalue weighted by atomic mass is 10.1. The molecule has 0 spiro atoms. The zero-order chi connectivity index (χ0) is 19.3. The first kappa shape index (κ1) is 19.9. The number of carbonyl (C=O) groups is 1. The molecule has 0 unspecified atom stereocenters. The summed E-state index contributed by atoms with van der Waals surface area (Å²) in [5, 5.41) is 5.93. The standard InChI is InChI=1S/C18H27F2N5O/c1-18(2,3)23-16(26)12-22-17(21-4)25-9-7-24(8-10-25)15-11-13(19)5-6-14(15)20/h5-6,11H,7-10,12H2,1-4H3,(H,21,22)(H,23,26). The molecule has 0 saturated carbocycles. The molecule has 8 heteroatoms. The summed E-state index contributed by atoms with van der Waals surface area (Å²) in [5.74, 6) is -0.375. The van der Waals surface area contributed by atoms with Gasteiger partial charge in [-0.15, -0.1) is 0 Å². The molecular weight excluding hydrogens is 340 g/mol. The summed E-state index contributed by atoms with van der Waals surface area (Å²) in [5.41, 5.74) is -0.0136. The molecule has 0 bridgehead atoms. The van der Waals surface area contributed by atoms with E-state index in [1.807, 2.05) is 30.6 Å². The van der Waals surface area contributed by atoms with Crippen LogP contribution in [0.25, 0.3) is 0 Å². The number of guanidine groups is 1. The van der Waals surface area contributed by atoms with Crippen molar-refractivity contribution in [3.63, 3.8) is 0 Å². The largest absolute Gasteiger partial charge is 0.366 e. The van der Waals surface area contributed by atoms with Crippen molar-refractivity contribution >= 4 is 17.6 Å². The van der Waals surface area contributed by atoms with Crippen LogP contribution in [0.5, 0.6) is 0 Å². The van der Waals surface area contributed by atoms with E-state index in [-0.39, 0.29) is 23.7 Å². The van der Waals surface area contributed by atoms with Crippen molar-refractivity contribution in [1.29, 1.82) is 0 Å². The van der Waals surface area contributed by atoms with Crippen LogP contribution in [0.1, 0.15) is 20.8 Å². The van der Waals surface area contributed by atoms with Gasteiger partial charge in [-0.3, -0.25) is 9.79 Å². The van der Waals surface area contributed by atoms with Crippen molar-refractivity contribution in [3.8, 4) is 0 Å². The summed E-state index contributed by atoms with van der Waals surface area (Å²) in [6.45, 7) is 8.15. The van der Waals surface area contributed by atoms with Crippen LogP contribution in [0.2, 0.25) is 0 Å². The van der Waals surface area contributed by atoms with Gasteiger partial charge in [0.05, 0.1) is 12.2 Å². The molecule has 6 nitrogen and oxygen atoms in total.